The second-order valence-electron chi connectivity index (χ2n) is 4.58. The Morgan fingerprint density at radius 3 is 2.61 bits per heavy atom. The summed E-state index contributed by atoms with van der Waals surface area (Å²) in [4.78, 5) is 8.08. The van der Waals surface area contributed by atoms with Crippen LogP contribution in [-0.4, -0.2) is 32.4 Å². The van der Waals surface area contributed by atoms with Gasteiger partial charge in [0.15, 0.2) is 6.61 Å². The molecule has 3 aromatic rings. The average molecular weight is 340 g/mol. The minimum Gasteiger partial charge on any atom is -0.468 e. The van der Waals surface area contributed by atoms with Crippen molar-refractivity contribution in [1.29, 1.82) is 0 Å². The quantitative estimate of drug-likeness (QED) is 0.667. The number of thioether (sulfide) groups is 1. The van der Waals surface area contributed by atoms with E-state index in [-0.39, 0.29) is 11.7 Å². The minimum absolute atomic E-state index is 0.137. The predicted molar refractivity (Wildman–Crippen MR) is 78.3 cm³/mol. The zero-order chi connectivity index (χ0) is 16.3. The summed E-state index contributed by atoms with van der Waals surface area (Å²) in [6.45, 7) is -1.39. The fourth-order valence-corrected chi connectivity index (χ4v) is 2.54. The molecule has 0 radical (unpaired) electrons. The fraction of sp³-hybridized carbons (Fsp3) is 0.214. The van der Waals surface area contributed by atoms with Gasteiger partial charge in [0.2, 0.25) is 11.0 Å². The molecule has 0 unspecified atom stereocenters. The van der Waals surface area contributed by atoms with Crippen molar-refractivity contribution in [3.63, 3.8) is 0 Å². The monoisotopic (exact) mass is 340 g/mol. The number of nitrogens with zero attached hydrogens (tertiary/aromatic N) is 4. The molecule has 2 heterocycles. The molecule has 0 N–H and O–H groups in total. The molecule has 23 heavy (non-hydrogen) atoms. The van der Waals surface area contributed by atoms with E-state index < -0.39 is 12.8 Å². The van der Waals surface area contributed by atoms with Gasteiger partial charge >= 0.3 is 6.18 Å². The molecule has 2 aromatic heterocycles. The van der Waals surface area contributed by atoms with E-state index >= 15 is 0 Å². The molecule has 5 nitrogen and oxygen atoms in total. The third-order valence-corrected chi connectivity index (χ3v) is 3.67. The first-order valence-electron chi connectivity index (χ1n) is 6.59. The third-order valence-electron chi connectivity index (χ3n) is 2.76. The lowest BCUT2D eigenvalue weighted by atomic mass is 10.2. The summed E-state index contributed by atoms with van der Waals surface area (Å²) in [7, 11) is 0. The highest BCUT2D eigenvalue weighted by Gasteiger charge is 2.28. The Morgan fingerprint density at radius 1 is 1.09 bits per heavy atom. The van der Waals surface area contributed by atoms with Crippen LogP contribution in [0.25, 0.3) is 5.78 Å². The van der Waals surface area contributed by atoms with Crippen LogP contribution in [0, 0.1) is 0 Å². The lowest BCUT2D eigenvalue weighted by Gasteiger charge is -2.07. The summed E-state index contributed by atoms with van der Waals surface area (Å²) < 4.78 is 42.4. The fourth-order valence-electron chi connectivity index (χ4n) is 1.76. The van der Waals surface area contributed by atoms with Crippen molar-refractivity contribution in [1.82, 2.24) is 19.6 Å². The second-order valence-corrected chi connectivity index (χ2v) is 5.53. The number of halogens is 3. The molecular formula is C14H11F3N4OS. The summed E-state index contributed by atoms with van der Waals surface area (Å²) in [6.07, 6.45) is -2.94. The maximum atomic E-state index is 12.1. The SMILES string of the molecule is FC(F)(F)COc1ccn2nc(SCc3ccccc3)nc2n1. The normalized spacial score (nSPS) is 11.8. The molecule has 3 rings (SSSR count). The molecule has 0 aliphatic rings. The summed E-state index contributed by atoms with van der Waals surface area (Å²) in [5, 5.41) is 4.70. The van der Waals surface area contributed by atoms with Crippen molar-refractivity contribution < 1.29 is 17.9 Å². The largest absolute Gasteiger partial charge is 0.468 e. The van der Waals surface area contributed by atoms with Crippen molar-refractivity contribution in [2.24, 2.45) is 0 Å². The molecule has 1 aromatic carbocycles. The first-order chi connectivity index (χ1) is 11.0. The standard InChI is InChI=1S/C14H11F3N4OS/c15-14(16,17)9-22-11-6-7-21-12(18-11)19-13(20-21)23-8-10-4-2-1-3-5-10/h1-7H,8-9H2. The first kappa shape index (κ1) is 15.6. The number of hydrogen-bond acceptors (Lipinski definition) is 5. The Bertz CT molecular complexity index is 792. The van der Waals surface area contributed by atoms with E-state index in [0.29, 0.717) is 10.9 Å². The van der Waals surface area contributed by atoms with Crippen molar-refractivity contribution in [3.05, 3.63) is 48.2 Å². The van der Waals surface area contributed by atoms with Crippen molar-refractivity contribution >= 4 is 17.5 Å². The Kier molecular flexibility index (Phi) is 4.37. The van der Waals surface area contributed by atoms with Crippen LogP contribution in [0.2, 0.25) is 0 Å². The van der Waals surface area contributed by atoms with Gasteiger partial charge in [-0.25, -0.2) is 4.52 Å². The van der Waals surface area contributed by atoms with E-state index in [1.807, 2.05) is 30.3 Å². The van der Waals surface area contributed by atoms with E-state index in [1.165, 1.54) is 28.5 Å². The highest BCUT2D eigenvalue weighted by atomic mass is 32.2. The smallest absolute Gasteiger partial charge is 0.422 e. The third kappa shape index (κ3) is 4.35. The molecule has 0 spiro atoms. The molecular weight excluding hydrogens is 329 g/mol. The summed E-state index contributed by atoms with van der Waals surface area (Å²) >= 11 is 1.42. The van der Waals surface area contributed by atoms with Gasteiger partial charge in [-0.2, -0.15) is 23.1 Å². The van der Waals surface area contributed by atoms with Gasteiger partial charge in [0.1, 0.15) is 0 Å². The van der Waals surface area contributed by atoms with E-state index in [1.54, 1.807) is 0 Å². The number of alkyl halides is 3. The molecule has 120 valence electrons. The molecule has 0 saturated carbocycles. The molecule has 0 bridgehead atoms. The van der Waals surface area contributed by atoms with Gasteiger partial charge in [0.05, 0.1) is 0 Å². The summed E-state index contributed by atoms with van der Waals surface area (Å²) in [6, 6.07) is 11.1. The Balaban J connectivity index is 1.69. The zero-order valence-electron chi connectivity index (χ0n) is 11.7. The van der Waals surface area contributed by atoms with Gasteiger partial charge in [-0.1, -0.05) is 42.1 Å². The molecule has 0 amide bonds. The van der Waals surface area contributed by atoms with Gasteiger partial charge in [0, 0.05) is 18.0 Å². The number of ether oxygens (including phenoxy) is 1. The number of benzene rings is 1. The van der Waals surface area contributed by atoms with Crippen LogP contribution in [0.5, 0.6) is 5.88 Å². The van der Waals surface area contributed by atoms with E-state index in [2.05, 4.69) is 19.8 Å². The zero-order valence-corrected chi connectivity index (χ0v) is 12.5. The highest BCUT2D eigenvalue weighted by molar-refractivity contribution is 7.98. The summed E-state index contributed by atoms with van der Waals surface area (Å²) in [5.74, 6) is 0.747. The van der Waals surface area contributed by atoms with E-state index in [4.69, 9.17) is 0 Å². The van der Waals surface area contributed by atoms with E-state index in [9.17, 15) is 13.2 Å². The number of aromatic nitrogens is 4. The van der Waals surface area contributed by atoms with Crippen LogP contribution in [0.15, 0.2) is 47.8 Å². The number of rotatable bonds is 5. The molecule has 9 heteroatoms. The van der Waals surface area contributed by atoms with Crippen LogP contribution < -0.4 is 4.74 Å². The lowest BCUT2D eigenvalue weighted by molar-refractivity contribution is -0.154. The van der Waals surface area contributed by atoms with Crippen LogP contribution in [0.3, 0.4) is 0 Å². The molecule has 0 aliphatic heterocycles. The Morgan fingerprint density at radius 2 is 1.87 bits per heavy atom. The second kappa shape index (κ2) is 6.45. The highest BCUT2D eigenvalue weighted by Crippen LogP contribution is 2.21. The predicted octanol–water partition coefficient (Wildman–Crippen LogP) is 3.36. The van der Waals surface area contributed by atoms with Gasteiger partial charge in [-0.3, -0.25) is 0 Å². The van der Waals surface area contributed by atoms with Crippen molar-refractivity contribution in [3.8, 4) is 5.88 Å². The maximum Gasteiger partial charge on any atom is 0.422 e. The molecule has 0 aliphatic carbocycles. The lowest BCUT2D eigenvalue weighted by Crippen LogP contribution is -2.19. The Labute approximate surface area is 133 Å². The maximum absolute atomic E-state index is 12.1. The van der Waals surface area contributed by atoms with Gasteiger partial charge in [-0.05, 0) is 5.56 Å². The van der Waals surface area contributed by atoms with Crippen LogP contribution >= 0.6 is 11.8 Å². The van der Waals surface area contributed by atoms with Gasteiger partial charge in [-0.15, -0.1) is 5.10 Å². The van der Waals surface area contributed by atoms with E-state index in [0.717, 1.165) is 5.56 Å². The minimum atomic E-state index is -4.40. The first-order valence-corrected chi connectivity index (χ1v) is 7.58. The summed E-state index contributed by atoms with van der Waals surface area (Å²) in [5.41, 5.74) is 1.12. The van der Waals surface area contributed by atoms with Crippen molar-refractivity contribution in [2.75, 3.05) is 6.61 Å². The molecule has 0 atom stereocenters. The van der Waals surface area contributed by atoms with Gasteiger partial charge in [0.25, 0.3) is 5.78 Å². The average Bonchev–Trinajstić information content (AvgIpc) is 2.93. The topological polar surface area (TPSA) is 52.3 Å². The number of hydrogen-bond donors (Lipinski definition) is 0. The van der Waals surface area contributed by atoms with Gasteiger partial charge < -0.3 is 4.74 Å². The Hall–Kier alpha value is -2.29. The van der Waals surface area contributed by atoms with Crippen LogP contribution in [0.4, 0.5) is 13.2 Å². The molecule has 0 saturated heterocycles. The van der Waals surface area contributed by atoms with Crippen LogP contribution in [-0.2, 0) is 5.75 Å². The number of fused-ring (bicyclic) bond motifs is 1. The van der Waals surface area contributed by atoms with Crippen molar-refractivity contribution in [2.45, 2.75) is 17.1 Å². The molecule has 0 fully saturated rings. The van der Waals surface area contributed by atoms with Crippen LogP contribution in [0.1, 0.15) is 5.56 Å².